The predicted octanol–water partition coefficient (Wildman–Crippen LogP) is 4.08. The van der Waals surface area contributed by atoms with E-state index in [1.54, 1.807) is 0 Å². The Bertz CT molecular complexity index is 727. The second kappa shape index (κ2) is 7.67. The molecule has 24 heavy (non-hydrogen) atoms. The van der Waals surface area contributed by atoms with Crippen molar-refractivity contribution in [2.75, 3.05) is 12.9 Å². The minimum atomic E-state index is -0.260. The van der Waals surface area contributed by atoms with E-state index in [4.69, 9.17) is 4.74 Å². The number of rotatable bonds is 5. The molecule has 0 aromatic heterocycles. The summed E-state index contributed by atoms with van der Waals surface area (Å²) in [7, 11) is 1.39. The molecule has 0 N–H and O–H groups in total. The maximum Gasteiger partial charge on any atom is 0.315 e. The lowest BCUT2D eigenvalue weighted by Gasteiger charge is -2.30. The number of thioether (sulfide) groups is 1. The van der Waals surface area contributed by atoms with Gasteiger partial charge in [0, 0.05) is 16.7 Å². The molecule has 0 bridgehead atoms. The Morgan fingerprint density at radius 1 is 1.17 bits per heavy atom. The summed E-state index contributed by atoms with van der Waals surface area (Å²) < 4.78 is 4.76. The number of benzene rings is 2. The van der Waals surface area contributed by atoms with Crippen LogP contribution in [-0.2, 0) is 16.0 Å². The molecule has 2 aromatic rings. The lowest BCUT2D eigenvalue weighted by molar-refractivity contribution is -0.137. The molecule has 2 unspecified atom stereocenters. The Kier molecular flexibility index (Phi) is 5.36. The molecule has 0 radical (unpaired) electrons. The number of carbonyl (C=O) groups is 2. The minimum absolute atomic E-state index is 0.0360. The van der Waals surface area contributed by atoms with Crippen molar-refractivity contribution in [3.05, 3.63) is 71.3 Å². The van der Waals surface area contributed by atoms with Crippen LogP contribution >= 0.6 is 11.8 Å². The fourth-order valence-corrected chi connectivity index (χ4v) is 4.49. The van der Waals surface area contributed by atoms with Crippen molar-refractivity contribution in [1.82, 2.24) is 0 Å². The molecule has 1 aliphatic carbocycles. The fourth-order valence-electron chi connectivity index (χ4n) is 3.21. The van der Waals surface area contributed by atoms with E-state index in [0.717, 1.165) is 29.5 Å². The summed E-state index contributed by atoms with van der Waals surface area (Å²) in [6, 6.07) is 17.8. The van der Waals surface area contributed by atoms with Gasteiger partial charge in [0.2, 0.25) is 0 Å². The summed E-state index contributed by atoms with van der Waals surface area (Å²) in [5, 5.41) is -0.0360. The first-order valence-electron chi connectivity index (χ1n) is 8.06. The number of aryl methyl sites for hydroxylation is 1. The highest BCUT2D eigenvalue weighted by Gasteiger charge is 2.34. The van der Waals surface area contributed by atoms with Crippen LogP contribution in [0.25, 0.3) is 0 Å². The molecule has 3 rings (SSSR count). The molecule has 0 fully saturated rings. The third-order valence-electron chi connectivity index (χ3n) is 4.45. The highest BCUT2D eigenvalue weighted by Crippen LogP contribution is 2.42. The van der Waals surface area contributed by atoms with Crippen LogP contribution < -0.4 is 0 Å². The van der Waals surface area contributed by atoms with Gasteiger partial charge in [0.05, 0.1) is 12.9 Å². The van der Waals surface area contributed by atoms with Crippen LogP contribution in [0, 0.1) is 5.92 Å². The molecule has 0 aliphatic heterocycles. The quantitative estimate of drug-likeness (QED) is 0.769. The molecule has 3 nitrogen and oxygen atoms in total. The van der Waals surface area contributed by atoms with Crippen molar-refractivity contribution in [3.63, 3.8) is 0 Å². The molecular formula is C20H20O3S. The van der Waals surface area contributed by atoms with Crippen molar-refractivity contribution in [2.24, 2.45) is 5.92 Å². The van der Waals surface area contributed by atoms with Gasteiger partial charge in [-0.1, -0.05) is 54.6 Å². The third kappa shape index (κ3) is 3.54. The number of hydrogen-bond donors (Lipinski definition) is 0. The van der Waals surface area contributed by atoms with E-state index in [-0.39, 0.29) is 28.7 Å². The molecule has 2 aromatic carbocycles. The highest BCUT2D eigenvalue weighted by molar-refractivity contribution is 8.00. The van der Waals surface area contributed by atoms with E-state index >= 15 is 0 Å². The minimum Gasteiger partial charge on any atom is -0.468 e. The van der Waals surface area contributed by atoms with Gasteiger partial charge in [-0.05, 0) is 24.0 Å². The van der Waals surface area contributed by atoms with Gasteiger partial charge in [-0.25, -0.2) is 0 Å². The molecule has 0 saturated heterocycles. The summed E-state index contributed by atoms with van der Waals surface area (Å²) >= 11 is 1.50. The van der Waals surface area contributed by atoms with Crippen molar-refractivity contribution >= 4 is 23.5 Å². The highest BCUT2D eigenvalue weighted by atomic mass is 32.2. The Morgan fingerprint density at radius 2 is 1.88 bits per heavy atom. The number of hydrogen-bond acceptors (Lipinski definition) is 4. The Balaban J connectivity index is 1.88. The lowest BCUT2D eigenvalue weighted by Crippen LogP contribution is -2.27. The molecule has 0 heterocycles. The fraction of sp³-hybridized carbons (Fsp3) is 0.300. The maximum atomic E-state index is 13.0. The molecule has 0 spiro atoms. The largest absolute Gasteiger partial charge is 0.468 e. The summed E-state index contributed by atoms with van der Waals surface area (Å²) in [5.74, 6) is 0.0613. The molecular weight excluding hydrogens is 320 g/mol. The van der Waals surface area contributed by atoms with E-state index in [1.165, 1.54) is 18.9 Å². The van der Waals surface area contributed by atoms with E-state index in [9.17, 15) is 9.59 Å². The van der Waals surface area contributed by atoms with E-state index < -0.39 is 0 Å². The second-order valence-corrected chi connectivity index (χ2v) is 7.01. The van der Waals surface area contributed by atoms with Crippen molar-refractivity contribution in [2.45, 2.75) is 18.1 Å². The van der Waals surface area contributed by atoms with Gasteiger partial charge in [-0.15, -0.1) is 11.8 Å². The number of fused-ring (bicyclic) bond motifs is 1. The third-order valence-corrected chi connectivity index (χ3v) is 5.81. The number of ketones is 1. The van der Waals surface area contributed by atoms with Gasteiger partial charge in [-0.3, -0.25) is 9.59 Å². The Hall–Kier alpha value is -2.07. The zero-order chi connectivity index (χ0) is 16.9. The topological polar surface area (TPSA) is 43.4 Å². The van der Waals surface area contributed by atoms with Gasteiger partial charge in [0.1, 0.15) is 0 Å². The average Bonchev–Trinajstić information content (AvgIpc) is 2.64. The first kappa shape index (κ1) is 16.8. The van der Waals surface area contributed by atoms with Crippen molar-refractivity contribution < 1.29 is 14.3 Å². The summed E-state index contributed by atoms with van der Waals surface area (Å²) in [5.41, 5.74) is 3.04. The number of esters is 1. The first-order chi connectivity index (χ1) is 11.7. The average molecular weight is 340 g/mol. The zero-order valence-corrected chi connectivity index (χ0v) is 14.4. The smallest absolute Gasteiger partial charge is 0.315 e. The number of carbonyl (C=O) groups excluding carboxylic acids is 2. The van der Waals surface area contributed by atoms with Crippen LogP contribution in [0.5, 0.6) is 0 Å². The van der Waals surface area contributed by atoms with Crippen LogP contribution in [-0.4, -0.2) is 24.6 Å². The van der Waals surface area contributed by atoms with E-state index in [0.29, 0.717) is 0 Å². The summed E-state index contributed by atoms with van der Waals surface area (Å²) in [4.78, 5) is 24.6. The van der Waals surface area contributed by atoms with E-state index in [2.05, 4.69) is 0 Å². The van der Waals surface area contributed by atoms with Crippen LogP contribution in [0.1, 0.15) is 33.2 Å². The van der Waals surface area contributed by atoms with Gasteiger partial charge in [0.15, 0.2) is 5.78 Å². The van der Waals surface area contributed by atoms with Crippen LogP contribution in [0.3, 0.4) is 0 Å². The molecule has 1 aliphatic rings. The number of methoxy groups -OCH3 is 1. The van der Waals surface area contributed by atoms with Gasteiger partial charge in [0.25, 0.3) is 0 Å². The zero-order valence-electron chi connectivity index (χ0n) is 13.6. The van der Waals surface area contributed by atoms with Crippen molar-refractivity contribution in [3.8, 4) is 0 Å². The Labute approximate surface area is 146 Å². The second-order valence-electron chi connectivity index (χ2n) is 5.88. The summed E-state index contributed by atoms with van der Waals surface area (Å²) in [6.07, 6.45) is 1.71. The molecule has 124 valence electrons. The molecule has 0 saturated carbocycles. The van der Waals surface area contributed by atoms with Gasteiger partial charge >= 0.3 is 5.97 Å². The molecule has 2 atom stereocenters. The van der Waals surface area contributed by atoms with E-state index in [1.807, 2.05) is 54.6 Å². The summed E-state index contributed by atoms with van der Waals surface area (Å²) in [6.45, 7) is 0. The maximum absolute atomic E-state index is 13.0. The monoisotopic (exact) mass is 340 g/mol. The number of Topliss-reactive ketones (excluding diaryl/α,β-unsaturated/α-hetero) is 1. The predicted molar refractivity (Wildman–Crippen MR) is 96.2 cm³/mol. The van der Waals surface area contributed by atoms with Crippen LogP contribution in [0.15, 0.2) is 54.6 Å². The van der Waals surface area contributed by atoms with Crippen molar-refractivity contribution in [1.29, 1.82) is 0 Å². The Morgan fingerprint density at radius 3 is 2.62 bits per heavy atom. The molecule has 0 amide bonds. The van der Waals surface area contributed by atoms with Crippen LogP contribution in [0.2, 0.25) is 0 Å². The van der Waals surface area contributed by atoms with Crippen LogP contribution in [0.4, 0.5) is 0 Å². The van der Waals surface area contributed by atoms with Gasteiger partial charge < -0.3 is 4.74 Å². The molecule has 4 heteroatoms. The standard InChI is InChI=1S/C20H20O3S/c1-23-18(21)13-24-20(15-8-3-2-4-9-15)17-12-11-14-7-5-6-10-16(14)19(17)22/h2-10,17,20H,11-13H2,1H3. The normalized spacial score (nSPS) is 17.9. The number of ether oxygens (including phenoxy) is 1. The SMILES string of the molecule is COC(=O)CSC(c1ccccc1)C1CCc2ccccc2C1=O. The lowest BCUT2D eigenvalue weighted by atomic mass is 9.79. The van der Waals surface area contributed by atoms with Gasteiger partial charge in [-0.2, -0.15) is 0 Å². The first-order valence-corrected chi connectivity index (χ1v) is 9.11.